The van der Waals surface area contributed by atoms with Crippen molar-refractivity contribution in [1.82, 2.24) is 5.32 Å². The van der Waals surface area contributed by atoms with E-state index in [0.717, 1.165) is 31.4 Å². The third-order valence-corrected chi connectivity index (χ3v) is 2.63. The summed E-state index contributed by atoms with van der Waals surface area (Å²) in [7, 11) is 0. The van der Waals surface area contributed by atoms with Crippen LogP contribution in [0.3, 0.4) is 0 Å². The second kappa shape index (κ2) is 7.36. The Morgan fingerprint density at radius 2 is 2.12 bits per heavy atom. The van der Waals surface area contributed by atoms with Crippen LogP contribution in [0.1, 0.15) is 37.8 Å². The van der Waals surface area contributed by atoms with Gasteiger partial charge in [0, 0.05) is 12.6 Å². The van der Waals surface area contributed by atoms with E-state index >= 15 is 0 Å². The number of hydrogen-bond donors (Lipinski definition) is 2. The Labute approximate surface area is 96.5 Å². The first-order valence-electron chi connectivity index (χ1n) is 5.83. The molecule has 2 nitrogen and oxygen atoms in total. The van der Waals surface area contributed by atoms with Crippen molar-refractivity contribution in [3.63, 3.8) is 0 Å². The monoisotopic (exact) mass is 225 g/mol. The lowest BCUT2D eigenvalue weighted by molar-refractivity contribution is 0.282. The molecule has 0 fully saturated rings. The predicted molar refractivity (Wildman–Crippen MR) is 63.8 cm³/mol. The Balaban J connectivity index is 2.27. The normalized spacial score (nSPS) is 12.7. The topological polar surface area (TPSA) is 32.3 Å². The molecule has 0 bridgehead atoms. The molecule has 1 unspecified atom stereocenters. The van der Waals surface area contributed by atoms with Crippen molar-refractivity contribution in [2.45, 2.75) is 32.2 Å². The quantitative estimate of drug-likeness (QED) is 0.699. The fraction of sp³-hybridized carbons (Fsp3) is 0.538. The van der Waals surface area contributed by atoms with Crippen LogP contribution < -0.4 is 5.32 Å². The van der Waals surface area contributed by atoms with Crippen molar-refractivity contribution >= 4 is 0 Å². The summed E-state index contributed by atoms with van der Waals surface area (Å²) in [5.74, 6) is -0.188. The minimum atomic E-state index is -0.188. The number of aliphatic hydroxyl groups is 1. The zero-order valence-electron chi connectivity index (χ0n) is 9.75. The van der Waals surface area contributed by atoms with Gasteiger partial charge in [-0.3, -0.25) is 0 Å². The minimum absolute atomic E-state index is 0.171. The lowest BCUT2D eigenvalue weighted by Gasteiger charge is -2.14. The van der Waals surface area contributed by atoms with E-state index < -0.39 is 0 Å². The predicted octanol–water partition coefficient (Wildman–Crippen LogP) is 2.64. The summed E-state index contributed by atoms with van der Waals surface area (Å²) < 4.78 is 13.0. The van der Waals surface area contributed by atoms with Crippen LogP contribution in [0.4, 0.5) is 4.39 Å². The summed E-state index contributed by atoms with van der Waals surface area (Å²) in [5.41, 5.74) is 0.974. The lowest BCUT2D eigenvalue weighted by Crippen LogP contribution is -2.19. The van der Waals surface area contributed by atoms with Crippen LogP contribution in [0.5, 0.6) is 0 Å². The highest BCUT2D eigenvalue weighted by molar-refractivity contribution is 5.19. The molecule has 0 aliphatic carbocycles. The number of benzene rings is 1. The third kappa shape index (κ3) is 4.73. The molecule has 0 saturated carbocycles. The SMILES string of the molecule is CC(NCCCCCO)c1cccc(F)c1. The maximum atomic E-state index is 13.0. The van der Waals surface area contributed by atoms with Gasteiger partial charge in [-0.15, -0.1) is 0 Å². The molecule has 0 radical (unpaired) electrons. The molecular weight excluding hydrogens is 205 g/mol. The largest absolute Gasteiger partial charge is 0.396 e. The van der Waals surface area contributed by atoms with Crippen molar-refractivity contribution in [3.05, 3.63) is 35.6 Å². The number of aliphatic hydroxyl groups excluding tert-OH is 1. The maximum absolute atomic E-state index is 13.0. The Morgan fingerprint density at radius 1 is 1.31 bits per heavy atom. The standard InChI is InChI=1S/C13H20FNO/c1-11(15-8-3-2-4-9-16)12-6-5-7-13(14)10-12/h5-7,10-11,15-16H,2-4,8-9H2,1H3. The molecule has 0 aliphatic rings. The Hall–Kier alpha value is -0.930. The molecule has 1 aromatic rings. The molecule has 0 spiro atoms. The average Bonchev–Trinajstić information content (AvgIpc) is 2.28. The lowest BCUT2D eigenvalue weighted by atomic mass is 10.1. The van der Waals surface area contributed by atoms with Gasteiger partial charge in [0.2, 0.25) is 0 Å². The summed E-state index contributed by atoms with van der Waals surface area (Å²) >= 11 is 0. The molecule has 1 aromatic carbocycles. The van der Waals surface area contributed by atoms with E-state index in [9.17, 15) is 4.39 Å². The van der Waals surface area contributed by atoms with Crippen molar-refractivity contribution in [3.8, 4) is 0 Å². The molecule has 0 aromatic heterocycles. The molecule has 3 heteroatoms. The fourth-order valence-electron chi connectivity index (χ4n) is 1.63. The zero-order chi connectivity index (χ0) is 11.8. The number of rotatable bonds is 7. The van der Waals surface area contributed by atoms with Crippen LogP contribution in [0.15, 0.2) is 24.3 Å². The first-order valence-corrected chi connectivity index (χ1v) is 5.83. The van der Waals surface area contributed by atoms with Crippen molar-refractivity contribution in [1.29, 1.82) is 0 Å². The van der Waals surface area contributed by atoms with E-state index in [1.165, 1.54) is 6.07 Å². The first kappa shape index (κ1) is 13.1. The van der Waals surface area contributed by atoms with E-state index in [0.29, 0.717) is 0 Å². The molecule has 0 saturated heterocycles. The highest BCUT2D eigenvalue weighted by atomic mass is 19.1. The smallest absolute Gasteiger partial charge is 0.123 e. The summed E-state index contributed by atoms with van der Waals surface area (Å²) in [4.78, 5) is 0. The molecule has 16 heavy (non-hydrogen) atoms. The van der Waals surface area contributed by atoms with Crippen LogP contribution in [0.2, 0.25) is 0 Å². The van der Waals surface area contributed by atoms with Gasteiger partial charge in [0.15, 0.2) is 0 Å². The maximum Gasteiger partial charge on any atom is 0.123 e. The van der Waals surface area contributed by atoms with Gasteiger partial charge in [0.25, 0.3) is 0 Å². The highest BCUT2D eigenvalue weighted by Crippen LogP contribution is 2.13. The Morgan fingerprint density at radius 3 is 2.81 bits per heavy atom. The molecule has 0 heterocycles. The fourth-order valence-corrected chi connectivity index (χ4v) is 1.63. The summed E-state index contributed by atoms with van der Waals surface area (Å²) in [6.45, 7) is 3.19. The minimum Gasteiger partial charge on any atom is -0.396 e. The van der Waals surface area contributed by atoms with Gasteiger partial charge in [0.1, 0.15) is 5.82 Å². The van der Waals surface area contributed by atoms with E-state index in [4.69, 9.17) is 5.11 Å². The molecule has 2 N–H and O–H groups in total. The first-order chi connectivity index (χ1) is 7.74. The molecule has 1 rings (SSSR count). The van der Waals surface area contributed by atoms with Crippen molar-refractivity contribution in [2.75, 3.05) is 13.2 Å². The van der Waals surface area contributed by atoms with E-state index in [-0.39, 0.29) is 18.5 Å². The van der Waals surface area contributed by atoms with Crippen LogP contribution in [0.25, 0.3) is 0 Å². The van der Waals surface area contributed by atoms with Gasteiger partial charge in [-0.1, -0.05) is 12.1 Å². The number of halogens is 1. The van der Waals surface area contributed by atoms with Crippen molar-refractivity contribution < 1.29 is 9.50 Å². The number of unbranched alkanes of at least 4 members (excludes halogenated alkanes) is 2. The second-order valence-electron chi connectivity index (χ2n) is 4.02. The number of nitrogens with one attached hydrogen (secondary N) is 1. The van der Waals surface area contributed by atoms with Crippen LogP contribution >= 0.6 is 0 Å². The molecule has 0 amide bonds. The third-order valence-electron chi connectivity index (χ3n) is 2.63. The molecular formula is C13H20FNO. The van der Waals surface area contributed by atoms with Gasteiger partial charge in [-0.2, -0.15) is 0 Å². The summed E-state index contributed by atoms with van der Waals surface area (Å²) in [6, 6.07) is 6.84. The van der Waals surface area contributed by atoms with Gasteiger partial charge in [-0.25, -0.2) is 4.39 Å². The van der Waals surface area contributed by atoms with Gasteiger partial charge in [-0.05, 0) is 50.4 Å². The zero-order valence-corrected chi connectivity index (χ0v) is 9.75. The van der Waals surface area contributed by atoms with E-state index in [1.807, 2.05) is 13.0 Å². The summed E-state index contributed by atoms with van der Waals surface area (Å²) in [6.07, 6.45) is 2.93. The molecule has 90 valence electrons. The number of hydrogen-bond acceptors (Lipinski definition) is 2. The molecule has 1 atom stereocenters. The van der Waals surface area contributed by atoms with E-state index in [2.05, 4.69) is 5.32 Å². The summed E-state index contributed by atoms with van der Waals surface area (Å²) in [5, 5.41) is 12.0. The van der Waals surface area contributed by atoms with Gasteiger partial charge < -0.3 is 10.4 Å². The van der Waals surface area contributed by atoms with Crippen LogP contribution in [0, 0.1) is 5.82 Å². The van der Waals surface area contributed by atoms with Gasteiger partial charge >= 0.3 is 0 Å². The Kier molecular flexibility index (Phi) is 6.04. The Bertz CT molecular complexity index is 304. The van der Waals surface area contributed by atoms with Gasteiger partial charge in [0.05, 0.1) is 0 Å². The van der Waals surface area contributed by atoms with E-state index in [1.54, 1.807) is 12.1 Å². The van der Waals surface area contributed by atoms with Crippen LogP contribution in [-0.2, 0) is 0 Å². The van der Waals surface area contributed by atoms with Crippen LogP contribution in [-0.4, -0.2) is 18.3 Å². The average molecular weight is 225 g/mol. The molecule has 0 aliphatic heterocycles. The highest BCUT2D eigenvalue weighted by Gasteiger charge is 2.04. The second-order valence-corrected chi connectivity index (χ2v) is 4.02. The van der Waals surface area contributed by atoms with Crippen molar-refractivity contribution in [2.24, 2.45) is 0 Å².